The Hall–Kier alpha value is -2.38. The quantitative estimate of drug-likeness (QED) is 0.640. The molecule has 0 bridgehead atoms. The lowest BCUT2D eigenvalue weighted by Crippen LogP contribution is -2.45. The van der Waals surface area contributed by atoms with E-state index in [4.69, 9.17) is 17.0 Å². The predicted octanol–water partition coefficient (Wildman–Crippen LogP) is 3.89. The van der Waals surface area contributed by atoms with Gasteiger partial charge < -0.3 is 20.7 Å². The van der Waals surface area contributed by atoms with Gasteiger partial charge in [0.1, 0.15) is 5.75 Å². The van der Waals surface area contributed by atoms with Gasteiger partial charge in [-0.1, -0.05) is 46.3 Å². The van der Waals surface area contributed by atoms with E-state index in [9.17, 15) is 4.79 Å². The Balaban J connectivity index is 1.99. The molecule has 1 amide bonds. The highest BCUT2D eigenvalue weighted by Gasteiger charge is 2.31. The van der Waals surface area contributed by atoms with Gasteiger partial charge >= 0.3 is 0 Å². The third kappa shape index (κ3) is 3.73. The minimum absolute atomic E-state index is 0.227. The van der Waals surface area contributed by atoms with E-state index in [1.165, 1.54) is 0 Å². The first kappa shape index (κ1) is 18.4. The number of nitrogens with one attached hydrogen (secondary N) is 3. The number of amides is 1. The summed E-state index contributed by atoms with van der Waals surface area (Å²) in [7, 11) is 1.57. The van der Waals surface area contributed by atoms with Crippen molar-refractivity contribution < 1.29 is 9.53 Å². The molecule has 134 valence electrons. The van der Waals surface area contributed by atoms with Crippen LogP contribution in [0.4, 0.5) is 5.69 Å². The van der Waals surface area contributed by atoms with E-state index >= 15 is 0 Å². The lowest BCUT2D eigenvalue weighted by Gasteiger charge is -2.31. The summed E-state index contributed by atoms with van der Waals surface area (Å²) in [6.45, 7) is 1.84. The fraction of sp³-hybridized carbons (Fsp3) is 0.158. The van der Waals surface area contributed by atoms with E-state index < -0.39 is 0 Å². The first-order valence-electron chi connectivity index (χ1n) is 7.98. The Labute approximate surface area is 165 Å². The molecule has 0 aliphatic carbocycles. The van der Waals surface area contributed by atoms with E-state index in [1.54, 1.807) is 19.2 Å². The Morgan fingerprint density at radius 2 is 1.88 bits per heavy atom. The number of carbonyl (C=O) groups excluding carboxylic acids is 1. The molecule has 1 heterocycles. The molecular formula is C19H18BrN3O2S. The number of halogens is 1. The van der Waals surface area contributed by atoms with Crippen LogP contribution in [0.2, 0.25) is 0 Å². The van der Waals surface area contributed by atoms with Crippen molar-refractivity contribution >= 4 is 44.9 Å². The molecule has 0 saturated carbocycles. The van der Waals surface area contributed by atoms with E-state index in [0.29, 0.717) is 27.8 Å². The molecule has 3 rings (SSSR count). The molecule has 3 N–H and O–H groups in total. The maximum absolute atomic E-state index is 13.1. The lowest BCUT2D eigenvalue weighted by atomic mass is 9.95. The summed E-state index contributed by atoms with van der Waals surface area (Å²) in [5.41, 5.74) is 2.82. The number of allylic oxidation sites excluding steroid dienone is 1. The van der Waals surface area contributed by atoms with E-state index in [0.717, 1.165) is 10.0 Å². The number of carbonyl (C=O) groups is 1. The van der Waals surface area contributed by atoms with Crippen molar-refractivity contribution in [3.63, 3.8) is 0 Å². The zero-order valence-corrected chi connectivity index (χ0v) is 16.7. The minimum Gasteiger partial charge on any atom is -0.495 e. The largest absolute Gasteiger partial charge is 0.495 e. The summed E-state index contributed by atoms with van der Waals surface area (Å²) in [4.78, 5) is 13.1. The van der Waals surface area contributed by atoms with Crippen molar-refractivity contribution in [1.29, 1.82) is 0 Å². The second kappa shape index (κ2) is 7.88. The minimum atomic E-state index is -0.367. The van der Waals surface area contributed by atoms with Crippen LogP contribution in [-0.2, 0) is 4.79 Å². The summed E-state index contributed by atoms with van der Waals surface area (Å²) in [6.07, 6.45) is 0. The predicted molar refractivity (Wildman–Crippen MR) is 110 cm³/mol. The van der Waals surface area contributed by atoms with Crippen molar-refractivity contribution in [2.24, 2.45) is 0 Å². The first-order valence-corrected chi connectivity index (χ1v) is 9.18. The number of anilines is 1. The van der Waals surface area contributed by atoms with Crippen LogP contribution in [0.25, 0.3) is 0 Å². The van der Waals surface area contributed by atoms with Gasteiger partial charge in [-0.2, -0.15) is 0 Å². The van der Waals surface area contributed by atoms with Gasteiger partial charge in [-0.05, 0) is 42.9 Å². The average molecular weight is 432 g/mol. The molecule has 1 atom stereocenters. The first-order chi connectivity index (χ1) is 12.5. The van der Waals surface area contributed by atoms with E-state index in [1.807, 2.05) is 43.3 Å². The zero-order valence-electron chi connectivity index (χ0n) is 14.3. The summed E-state index contributed by atoms with van der Waals surface area (Å²) in [5.74, 6) is 0.374. The molecule has 1 unspecified atom stereocenters. The third-order valence-corrected chi connectivity index (χ3v) is 5.03. The maximum Gasteiger partial charge on any atom is 0.255 e. The van der Waals surface area contributed by atoms with Gasteiger partial charge in [0, 0.05) is 10.2 Å². The Bertz CT molecular complexity index is 898. The van der Waals surface area contributed by atoms with Crippen LogP contribution in [0.1, 0.15) is 18.5 Å². The van der Waals surface area contributed by atoms with Crippen LogP contribution in [0.5, 0.6) is 5.75 Å². The van der Waals surface area contributed by atoms with Gasteiger partial charge in [-0.25, -0.2) is 0 Å². The molecule has 7 heteroatoms. The summed E-state index contributed by atoms with van der Waals surface area (Å²) < 4.78 is 6.22. The number of rotatable bonds is 4. The number of thiocarbonyl (C=S) groups is 1. The topological polar surface area (TPSA) is 62.4 Å². The number of methoxy groups -OCH3 is 1. The standard InChI is InChI=1S/C19H18BrN3O2S/c1-11-16(18(24)22-14-9-5-6-10-15(14)25-2)17(23-19(26)21-11)12-7-3-4-8-13(12)20/h3-10,17H,1-2H3,(H,22,24)(H2,21,23,26). The van der Waals surface area contributed by atoms with Gasteiger partial charge in [-0.15, -0.1) is 0 Å². The molecule has 0 saturated heterocycles. The van der Waals surface area contributed by atoms with Crippen LogP contribution in [0.3, 0.4) is 0 Å². The highest BCUT2D eigenvalue weighted by atomic mass is 79.9. The normalized spacial score (nSPS) is 16.6. The maximum atomic E-state index is 13.1. The molecule has 26 heavy (non-hydrogen) atoms. The number of para-hydroxylation sites is 2. The summed E-state index contributed by atoms with van der Waals surface area (Å²) >= 11 is 8.85. The Kier molecular flexibility index (Phi) is 5.58. The highest BCUT2D eigenvalue weighted by molar-refractivity contribution is 9.10. The fourth-order valence-electron chi connectivity index (χ4n) is 2.87. The Morgan fingerprint density at radius 1 is 1.19 bits per heavy atom. The van der Waals surface area contributed by atoms with Gasteiger partial charge in [-0.3, -0.25) is 4.79 Å². The third-order valence-electron chi connectivity index (χ3n) is 4.09. The lowest BCUT2D eigenvalue weighted by molar-refractivity contribution is -0.113. The van der Waals surface area contributed by atoms with Crippen LogP contribution >= 0.6 is 28.1 Å². The molecular weight excluding hydrogens is 414 g/mol. The van der Waals surface area contributed by atoms with Crippen LogP contribution in [0, 0.1) is 0 Å². The molecule has 2 aromatic rings. The van der Waals surface area contributed by atoms with Gasteiger partial charge in [0.05, 0.1) is 24.4 Å². The fourth-order valence-corrected chi connectivity index (χ4v) is 3.66. The van der Waals surface area contributed by atoms with Gasteiger partial charge in [0.15, 0.2) is 5.11 Å². The van der Waals surface area contributed by atoms with Crippen LogP contribution in [0.15, 0.2) is 64.3 Å². The molecule has 1 aliphatic rings. The Morgan fingerprint density at radius 3 is 2.62 bits per heavy atom. The molecule has 1 aliphatic heterocycles. The number of benzene rings is 2. The zero-order chi connectivity index (χ0) is 18.7. The number of ether oxygens (including phenoxy) is 1. The van der Waals surface area contributed by atoms with Crippen LogP contribution < -0.4 is 20.7 Å². The van der Waals surface area contributed by atoms with E-state index in [-0.39, 0.29) is 11.9 Å². The average Bonchev–Trinajstić information content (AvgIpc) is 2.61. The van der Waals surface area contributed by atoms with Crippen molar-refractivity contribution in [3.8, 4) is 5.75 Å². The second-order valence-corrected chi connectivity index (χ2v) is 7.01. The number of hydrogen-bond donors (Lipinski definition) is 3. The van der Waals surface area contributed by atoms with E-state index in [2.05, 4.69) is 31.9 Å². The van der Waals surface area contributed by atoms with Gasteiger partial charge in [0.25, 0.3) is 5.91 Å². The molecule has 2 aromatic carbocycles. The monoisotopic (exact) mass is 431 g/mol. The van der Waals surface area contributed by atoms with Crippen molar-refractivity contribution in [3.05, 3.63) is 69.8 Å². The highest BCUT2D eigenvalue weighted by Crippen LogP contribution is 2.33. The second-order valence-electron chi connectivity index (χ2n) is 5.75. The summed E-state index contributed by atoms with van der Waals surface area (Å²) in [6, 6.07) is 14.7. The van der Waals surface area contributed by atoms with Crippen molar-refractivity contribution in [2.45, 2.75) is 13.0 Å². The molecule has 0 fully saturated rings. The van der Waals surface area contributed by atoms with Crippen LogP contribution in [-0.4, -0.2) is 18.1 Å². The SMILES string of the molecule is COc1ccccc1NC(=O)C1=C(C)NC(=S)NC1c1ccccc1Br. The summed E-state index contributed by atoms with van der Waals surface area (Å²) in [5, 5.41) is 9.64. The smallest absolute Gasteiger partial charge is 0.255 e. The molecule has 0 aromatic heterocycles. The van der Waals surface area contributed by atoms with Crippen molar-refractivity contribution in [2.75, 3.05) is 12.4 Å². The van der Waals surface area contributed by atoms with Crippen molar-refractivity contribution in [1.82, 2.24) is 10.6 Å². The molecule has 0 spiro atoms. The van der Waals surface area contributed by atoms with Gasteiger partial charge in [0.2, 0.25) is 0 Å². The molecule has 0 radical (unpaired) electrons. The number of hydrogen-bond acceptors (Lipinski definition) is 3. The molecule has 5 nitrogen and oxygen atoms in total.